The second-order valence-corrected chi connectivity index (χ2v) is 23.1. The lowest BCUT2D eigenvalue weighted by Gasteiger charge is -2.38. The molecule has 4 N–H and O–H groups in total. The molecule has 2 aliphatic carbocycles. The average Bonchev–Trinajstić information content (AvgIpc) is 3.55. The minimum atomic E-state index is 0.0284. The smallest absolute Gasteiger partial charge is 0.126 e. The number of ether oxygens (including phenoxy) is 12. The predicted octanol–water partition coefficient (Wildman–Crippen LogP) is 11.5. The topological polar surface area (TPSA) is 192 Å². The highest BCUT2D eigenvalue weighted by Gasteiger charge is 2.37. The number of aliphatic hydroxyl groups excluding tert-OH is 2. The Balaban J connectivity index is 0.000000430. The monoisotopic (exact) mass is 1160 g/mol. The fourth-order valence-corrected chi connectivity index (χ4v) is 11.3. The van der Waals surface area contributed by atoms with Crippen molar-refractivity contribution >= 4 is 0 Å². The van der Waals surface area contributed by atoms with Gasteiger partial charge >= 0.3 is 0 Å². The summed E-state index contributed by atoms with van der Waals surface area (Å²) in [4.78, 5) is 0. The van der Waals surface area contributed by atoms with Crippen LogP contribution in [0.1, 0.15) is 167 Å². The van der Waals surface area contributed by atoms with Gasteiger partial charge in [-0.1, -0.05) is 93.9 Å². The van der Waals surface area contributed by atoms with E-state index in [1.807, 2.05) is 12.1 Å². The first kappa shape index (κ1) is 73.4. The Labute approximate surface area is 496 Å². The molecule has 0 radical (unpaired) electrons. The summed E-state index contributed by atoms with van der Waals surface area (Å²) < 4.78 is 67.3. The lowest BCUT2D eigenvalue weighted by Crippen LogP contribution is -2.27. The van der Waals surface area contributed by atoms with Crippen molar-refractivity contribution in [3.8, 4) is 23.0 Å². The fourth-order valence-electron chi connectivity index (χ4n) is 11.3. The Hall–Kier alpha value is -2.84. The summed E-state index contributed by atoms with van der Waals surface area (Å²) in [6.07, 6.45) is 16.0. The molecule has 0 aromatic heterocycles. The van der Waals surface area contributed by atoms with Gasteiger partial charge in [0.05, 0.1) is 145 Å². The number of hydrogen-bond acceptors (Lipinski definition) is 16. The Morgan fingerprint density at radius 3 is 0.939 bits per heavy atom. The third-order valence-corrected chi connectivity index (χ3v) is 15.7. The van der Waals surface area contributed by atoms with Gasteiger partial charge in [0.15, 0.2) is 0 Å². The largest absolute Gasteiger partial charge is 0.508 e. The molecule has 2 aliphatic rings. The predicted molar refractivity (Wildman–Crippen MR) is 324 cm³/mol. The van der Waals surface area contributed by atoms with Gasteiger partial charge in [-0.15, -0.1) is 0 Å². The summed E-state index contributed by atoms with van der Waals surface area (Å²) in [6, 6.07) is 8.30. The van der Waals surface area contributed by atoms with Crippen molar-refractivity contribution < 1.29 is 77.3 Å². The van der Waals surface area contributed by atoms with Gasteiger partial charge in [0.1, 0.15) is 36.2 Å². The quantitative estimate of drug-likeness (QED) is 0.0457. The highest BCUT2D eigenvalue weighted by atomic mass is 16.6. The van der Waals surface area contributed by atoms with E-state index in [1.165, 1.54) is 51.4 Å². The molecule has 0 bridgehead atoms. The summed E-state index contributed by atoms with van der Waals surface area (Å²) in [5.41, 5.74) is 4.29. The molecule has 0 aliphatic heterocycles. The molecule has 82 heavy (non-hydrogen) atoms. The van der Waals surface area contributed by atoms with E-state index in [0.717, 1.165) is 72.3 Å². The number of hydrogen-bond donors (Lipinski definition) is 4. The minimum absolute atomic E-state index is 0.0284. The summed E-state index contributed by atoms with van der Waals surface area (Å²) in [6.45, 7) is 28.8. The molecule has 0 spiro atoms. The van der Waals surface area contributed by atoms with Crippen molar-refractivity contribution in [1.29, 1.82) is 0 Å². The molecule has 2 saturated carbocycles. The molecule has 0 saturated heterocycles. The Morgan fingerprint density at radius 2 is 0.671 bits per heavy atom. The van der Waals surface area contributed by atoms with E-state index in [1.54, 1.807) is 0 Å². The molecule has 0 heterocycles. The molecule has 16 heteroatoms. The molecule has 0 amide bonds. The number of phenols is 2. The number of rotatable bonds is 48. The maximum atomic E-state index is 11.3. The standard InChI is InChI=1S/2C33H58O8/c2*1-5-6-7-8-28-24-31(35)33(30-23-27(4)9-10-29(30)26(2)3)32(25-28)41-22-21-40-20-19-39-18-17-38-16-15-37-14-13-36-12-11-34/h2*24-27,29-30,34-35H,5-23H2,1-4H3/t27-,29+,30-;27-,29-,30+/m10/s1. The van der Waals surface area contributed by atoms with Gasteiger partial charge in [0, 0.05) is 11.1 Å². The van der Waals surface area contributed by atoms with Crippen LogP contribution in [-0.4, -0.2) is 179 Å². The van der Waals surface area contributed by atoms with Gasteiger partial charge in [-0.05, 0) is 134 Å². The van der Waals surface area contributed by atoms with Crippen molar-refractivity contribution in [3.63, 3.8) is 0 Å². The van der Waals surface area contributed by atoms with E-state index in [2.05, 4.69) is 67.5 Å². The number of unbranched alkanes of at least 4 members (excludes halogenated alkanes) is 4. The van der Waals surface area contributed by atoms with E-state index >= 15 is 0 Å². The molecule has 4 rings (SSSR count). The van der Waals surface area contributed by atoms with E-state index in [4.69, 9.17) is 67.1 Å². The number of aryl methyl sites for hydroxylation is 2. The normalized spacial score (nSPS) is 19.2. The Kier molecular flexibility index (Phi) is 42.4. The van der Waals surface area contributed by atoms with Crippen LogP contribution in [-0.2, 0) is 60.2 Å². The third-order valence-electron chi connectivity index (χ3n) is 15.7. The SMILES string of the molecule is CCCCCc1cc(O)c([C@@H]2C[C@@H](C)CC[C@H]2C(C)C)c(OCCOCCOCCOCCOCCOCCO)c1.CCCCCc1cc(O)c([C@@H]2C[C@H](C)CC[C@H]2C(C)C)c(OCCOCCOCCOCCOCCOCCO)c1. The van der Waals surface area contributed by atoms with Gasteiger partial charge in [-0.25, -0.2) is 0 Å². The van der Waals surface area contributed by atoms with Crippen LogP contribution in [0.2, 0.25) is 0 Å². The van der Waals surface area contributed by atoms with Gasteiger partial charge < -0.3 is 77.3 Å². The van der Waals surface area contributed by atoms with Crippen LogP contribution in [0, 0.1) is 35.5 Å². The van der Waals surface area contributed by atoms with Crippen LogP contribution in [0.3, 0.4) is 0 Å². The third kappa shape index (κ3) is 31.5. The molecule has 2 aromatic carbocycles. The van der Waals surface area contributed by atoms with Gasteiger partial charge in [0.25, 0.3) is 0 Å². The maximum absolute atomic E-state index is 11.3. The first-order valence-electron chi connectivity index (χ1n) is 31.9. The van der Waals surface area contributed by atoms with Gasteiger partial charge in [-0.3, -0.25) is 0 Å². The van der Waals surface area contributed by atoms with Crippen LogP contribution >= 0.6 is 0 Å². The molecule has 6 atom stereocenters. The second kappa shape index (κ2) is 47.3. The number of aromatic hydroxyl groups is 2. The van der Waals surface area contributed by atoms with E-state index in [9.17, 15) is 10.2 Å². The Bertz CT molecular complexity index is 1700. The van der Waals surface area contributed by atoms with Gasteiger partial charge in [0.2, 0.25) is 0 Å². The lowest BCUT2D eigenvalue weighted by molar-refractivity contribution is -0.0147. The summed E-state index contributed by atoms with van der Waals surface area (Å²) in [5.74, 6) is 6.61. The minimum Gasteiger partial charge on any atom is -0.508 e. The number of aliphatic hydroxyl groups is 2. The van der Waals surface area contributed by atoms with Crippen molar-refractivity contribution in [3.05, 3.63) is 46.5 Å². The van der Waals surface area contributed by atoms with Crippen LogP contribution in [0.25, 0.3) is 0 Å². The zero-order chi connectivity index (χ0) is 59.4. The van der Waals surface area contributed by atoms with E-state index in [0.29, 0.717) is 204 Å². The molecular formula is C66H116O16. The lowest BCUT2D eigenvalue weighted by atomic mass is 9.67. The average molecular weight is 1170 g/mol. The van der Waals surface area contributed by atoms with Crippen LogP contribution in [0.4, 0.5) is 0 Å². The zero-order valence-corrected chi connectivity index (χ0v) is 52.5. The van der Waals surface area contributed by atoms with E-state index in [-0.39, 0.29) is 13.2 Å². The second-order valence-electron chi connectivity index (χ2n) is 23.1. The molecule has 476 valence electrons. The maximum Gasteiger partial charge on any atom is 0.126 e. The fraction of sp³-hybridized carbons (Fsp3) is 0.818. The highest BCUT2D eigenvalue weighted by molar-refractivity contribution is 5.51. The highest BCUT2D eigenvalue weighted by Crippen LogP contribution is 2.51. The molecule has 0 unspecified atom stereocenters. The Morgan fingerprint density at radius 1 is 0.390 bits per heavy atom. The number of phenolic OH excluding ortho intramolecular Hbond substituents is 2. The molecular weight excluding hydrogens is 1050 g/mol. The first-order chi connectivity index (χ1) is 39.9. The summed E-state index contributed by atoms with van der Waals surface area (Å²) in [5, 5.41) is 39.8. The number of benzene rings is 2. The van der Waals surface area contributed by atoms with Crippen molar-refractivity contribution in [2.45, 2.75) is 157 Å². The molecule has 16 nitrogen and oxygen atoms in total. The van der Waals surface area contributed by atoms with Crippen LogP contribution in [0.5, 0.6) is 23.0 Å². The summed E-state index contributed by atoms with van der Waals surface area (Å²) in [7, 11) is 0. The van der Waals surface area contributed by atoms with Crippen LogP contribution in [0.15, 0.2) is 24.3 Å². The molecule has 2 fully saturated rings. The van der Waals surface area contributed by atoms with E-state index < -0.39 is 0 Å². The molecule has 2 aromatic rings. The first-order valence-corrected chi connectivity index (χ1v) is 31.9. The zero-order valence-electron chi connectivity index (χ0n) is 52.5. The summed E-state index contributed by atoms with van der Waals surface area (Å²) >= 11 is 0. The van der Waals surface area contributed by atoms with Gasteiger partial charge in [-0.2, -0.15) is 0 Å². The van der Waals surface area contributed by atoms with Crippen molar-refractivity contribution in [2.75, 3.05) is 159 Å². The van der Waals surface area contributed by atoms with Crippen molar-refractivity contribution in [2.24, 2.45) is 35.5 Å². The van der Waals surface area contributed by atoms with Crippen LogP contribution < -0.4 is 9.47 Å². The van der Waals surface area contributed by atoms with Crippen molar-refractivity contribution in [1.82, 2.24) is 0 Å².